The highest BCUT2D eigenvalue weighted by atomic mass is 19.1. The van der Waals surface area contributed by atoms with Gasteiger partial charge in [0.1, 0.15) is 17.7 Å². The Morgan fingerprint density at radius 3 is 2.37 bits per heavy atom. The number of halogens is 1. The van der Waals surface area contributed by atoms with Crippen LogP contribution in [0.5, 0.6) is 11.5 Å². The number of nitrogens with zero attached hydrogens (tertiary/aromatic N) is 1. The molecule has 2 aromatic rings. The highest BCUT2D eigenvalue weighted by Gasteiger charge is 2.18. The van der Waals surface area contributed by atoms with Crippen molar-refractivity contribution in [3.63, 3.8) is 0 Å². The molecule has 2 rings (SSSR count). The van der Waals surface area contributed by atoms with E-state index in [1.54, 1.807) is 18.2 Å². The Hall–Kier alpha value is -2.24. The Balaban J connectivity index is 2.60. The van der Waals surface area contributed by atoms with E-state index in [4.69, 9.17) is 19.7 Å². The number of rotatable bonds is 4. The van der Waals surface area contributed by atoms with Crippen LogP contribution in [-0.2, 0) is 0 Å². The van der Waals surface area contributed by atoms with Crippen molar-refractivity contribution in [2.75, 3.05) is 20.0 Å². The molecule has 0 saturated heterocycles. The van der Waals surface area contributed by atoms with Gasteiger partial charge in [-0.2, -0.15) is 0 Å². The van der Waals surface area contributed by atoms with Crippen molar-refractivity contribution < 1.29 is 18.4 Å². The summed E-state index contributed by atoms with van der Waals surface area (Å²) in [5, 5.41) is 3.61. The highest BCUT2D eigenvalue weighted by molar-refractivity contribution is 5.70. The van der Waals surface area contributed by atoms with Gasteiger partial charge in [-0.3, -0.25) is 0 Å². The molecule has 0 fully saturated rings. The quantitative estimate of drug-likeness (QED) is 0.921. The van der Waals surface area contributed by atoms with Crippen molar-refractivity contribution in [3.8, 4) is 22.8 Å². The van der Waals surface area contributed by atoms with Gasteiger partial charge >= 0.3 is 0 Å². The normalized spacial score (nSPS) is 12.2. The number of anilines is 1. The molecule has 1 heterocycles. The third kappa shape index (κ3) is 2.47. The van der Waals surface area contributed by atoms with Gasteiger partial charge in [-0.25, -0.2) is 4.39 Å². The number of methoxy groups -OCH3 is 2. The van der Waals surface area contributed by atoms with E-state index in [9.17, 15) is 4.39 Å². The topological polar surface area (TPSA) is 70.5 Å². The third-order valence-electron chi connectivity index (χ3n) is 2.77. The summed E-state index contributed by atoms with van der Waals surface area (Å²) in [5.41, 5.74) is 6.54. The molecule has 6 heteroatoms. The third-order valence-corrected chi connectivity index (χ3v) is 2.77. The molecule has 1 atom stereocenters. The standard InChI is InChI=1S/C13H15FN2O3/c1-7(14)8-4-11(18-3)9(5-10(8)17-2)12-6-13(15)16-19-12/h4-7H,1-3H3,(H2,15,16). The molecular formula is C13H15FN2O3. The summed E-state index contributed by atoms with van der Waals surface area (Å²) in [5.74, 6) is 1.59. The molecule has 0 aliphatic carbocycles. The van der Waals surface area contributed by atoms with Gasteiger partial charge in [-0.15, -0.1) is 0 Å². The van der Waals surface area contributed by atoms with E-state index in [1.807, 2.05) is 0 Å². The summed E-state index contributed by atoms with van der Waals surface area (Å²) >= 11 is 0. The van der Waals surface area contributed by atoms with Crippen molar-refractivity contribution in [1.82, 2.24) is 5.16 Å². The molecule has 0 saturated carbocycles. The van der Waals surface area contributed by atoms with E-state index >= 15 is 0 Å². The van der Waals surface area contributed by atoms with Gasteiger partial charge in [0.05, 0.1) is 19.8 Å². The van der Waals surface area contributed by atoms with Crippen LogP contribution >= 0.6 is 0 Å². The molecule has 0 aliphatic heterocycles. The number of hydrogen-bond acceptors (Lipinski definition) is 5. The number of benzene rings is 1. The summed E-state index contributed by atoms with van der Waals surface area (Å²) in [6, 6.07) is 4.79. The minimum absolute atomic E-state index is 0.263. The maximum absolute atomic E-state index is 13.5. The first-order valence-corrected chi connectivity index (χ1v) is 5.69. The van der Waals surface area contributed by atoms with Crippen LogP contribution in [0.1, 0.15) is 18.7 Å². The molecule has 19 heavy (non-hydrogen) atoms. The molecule has 102 valence electrons. The second-order valence-electron chi connectivity index (χ2n) is 4.03. The van der Waals surface area contributed by atoms with Crippen LogP contribution in [0.15, 0.2) is 22.7 Å². The summed E-state index contributed by atoms with van der Waals surface area (Å²) < 4.78 is 29.1. The first kappa shape index (κ1) is 13.2. The largest absolute Gasteiger partial charge is 0.496 e. The van der Waals surface area contributed by atoms with E-state index in [1.165, 1.54) is 21.1 Å². The fourth-order valence-corrected chi connectivity index (χ4v) is 1.84. The SMILES string of the molecule is COc1cc(C(C)F)c(OC)cc1-c1cc(N)no1. The van der Waals surface area contributed by atoms with Crippen LogP contribution in [0.4, 0.5) is 10.2 Å². The number of nitrogens with two attached hydrogens (primary N) is 1. The molecule has 5 nitrogen and oxygen atoms in total. The van der Waals surface area contributed by atoms with Gasteiger partial charge < -0.3 is 19.7 Å². The predicted octanol–water partition coefficient (Wildman–Crippen LogP) is 2.97. The van der Waals surface area contributed by atoms with E-state index in [0.717, 1.165) is 0 Å². The first-order chi connectivity index (χ1) is 9.06. The Labute approximate surface area is 110 Å². The first-order valence-electron chi connectivity index (χ1n) is 5.69. The van der Waals surface area contributed by atoms with Gasteiger partial charge in [0.2, 0.25) is 0 Å². The molecule has 2 N–H and O–H groups in total. The minimum Gasteiger partial charge on any atom is -0.496 e. The van der Waals surface area contributed by atoms with Gasteiger partial charge in [0.25, 0.3) is 0 Å². The van der Waals surface area contributed by atoms with Crippen LogP contribution in [0.25, 0.3) is 11.3 Å². The highest BCUT2D eigenvalue weighted by Crippen LogP contribution is 2.39. The van der Waals surface area contributed by atoms with Gasteiger partial charge in [0, 0.05) is 11.6 Å². The van der Waals surface area contributed by atoms with E-state index in [0.29, 0.717) is 28.4 Å². The Morgan fingerprint density at radius 2 is 1.89 bits per heavy atom. The zero-order valence-electron chi connectivity index (χ0n) is 10.9. The molecule has 1 aromatic carbocycles. The smallest absolute Gasteiger partial charge is 0.172 e. The summed E-state index contributed by atoms with van der Waals surface area (Å²) in [4.78, 5) is 0. The molecule has 1 aromatic heterocycles. The Kier molecular flexibility index (Phi) is 3.59. The molecule has 0 bridgehead atoms. The van der Waals surface area contributed by atoms with Crippen LogP contribution in [0.2, 0.25) is 0 Å². The van der Waals surface area contributed by atoms with E-state index in [-0.39, 0.29) is 5.82 Å². The lowest BCUT2D eigenvalue weighted by Crippen LogP contribution is -1.97. The van der Waals surface area contributed by atoms with Crippen molar-refractivity contribution in [2.45, 2.75) is 13.1 Å². The summed E-state index contributed by atoms with van der Waals surface area (Å²) in [6.07, 6.45) is -1.17. The molecule has 0 amide bonds. The van der Waals surface area contributed by atoms with Crippen molar-refractivity contribution >= 4 is 5.82 Å². The molecule has 0 spiro atoms. The Morgan fingerprint density at radius 1 is 1.21 bits per heavy atom. The second kappa shape index (κ2) is 5.17. The summed E-state index contributed by atoms with van der Waals surface area (Å²) in [7, 11) is 2.98. The van der Waals surface area contributed by atoms with Crippen LogP contribution in [0.3, 0.4) is 0 Å². The second-order valence-corrected chi connectivity index (χ2v) is 4.03. The average Bonchev–Trinajstić information content (AvgIpc) is 2.83. The van der Waals surface area contributed by atoms with Crippen molar-refractivity contribution in [1.29, 1.82) is 0 Å². The molecule has 0 radical (unpaired) electrons. The van der Waals surface area contributed by atoms with E-state index < -0.39 is 6.17 Å². The fraction of sp³-hybridized carbons (Fsp3) is 0.308. The van der Waals surface area contributed by atoms with Crippen molar-refractivity contribution in [3.05, 3.63) is 23.8 Å². The predicted molar refractivity (Wildman–Crippen MR) is 69.0 cm³/mol. The molecule has 1 unspecified atom stereocenters. The molecule has 0 aliphatic rings. The summed E-state index contributed by atoms with van der Waals surface area (Å²) in [6.45, 7) is 1.43. The van der Waals surface area contributed by atoms with E-state index in [2.05, 4.69) is 5.16 Å². The lowest BCUT2D eigenvalue weighted by atomic mass is 10.0. The zero-order chi connectivity index (χ0) is 14.0. The number of alkyl halides is 1. The number of nitrogen functional groups attached to an aromatic ring is 1. The van der Waals surface area contributed by atoms with Crippen LogP contribution in [-0.4, -0.2) is 19.4 Å². The number of hydrogen-bond donors (Lipinski definition) is 1. The number of ether oxygens (including phenoxy) is 2. The maximum Gasteiger partial charge on any atom is 0.172 e. The fourth-order valence-electron chi connectivity index (χ4n) is 1.84. The molecular weight excluding hydrogens is 251 g/mol. The lowest BCUT2D eigenvalue weighted by molar-refractivity contribution is 0.342. The lowest BCUT2D eigenvalue weighted by Gasteiger charge is -2.14. The average molecular weight is 266 g/mol. The van der Waals surface area contributed by atoms with Gasteiger partial charge in [-0.1, -0.05) is 5.16 Å². The van der Waals surface area contributed by atoms with Gasteiger partial charge in [-0.05, 0) is 19.1 Å². The maximum atomic E-state index is 13.5. The van der Waals surface area contributed by atoms with Gasteiger partial charge in [0.15, 0.2) is 11.6 Å². The van der Waals surface area contributed by atoms with Crippen LogP contribution in [0, 0.1) is 0 Å². The minimum atomic E-state index is -1.17. The number of aromatic nitrogens is 1. The van der Waals surface area contributed by atoms with Crippen LogP contribution < -0.4 is 15.2 Å². The monoisotopic (exact) mass is 266 g/mol. The zero-order valence-corrected chi connectivity index (χ0v) is 10.9. The Bertz CT molecular complexity index is 581. The van der Waals surface area contributed by atoms with Crippen molar-refractivity contribution in [2.24, 2.45) is 0 Å².